The van der Waals surface area contributed by atoms with Gasteiger partial charge in [0, 0.05) is 22.1 Å². The minimum Gasteiger partial charge on any atom is -0.285 e. The van der Waals surface area contributed by atoms with Crippen molar-refractivity contribution in [2.24, 2.45) is 5.11 Å². The Kier molecular flexibility index (Phi) is 3.34. The molecule has 0 unspecified atom stereocenters. The van der Waals surface area contributed by atoms with Crippen LogP contribution in [0.2, 0.25) is 5.15 Å². The number of hydrogen-bond acceptors (Lipinski definition) is 4. The number of aromatic nitrogens is 2. The summed E-state index contributed by atoms with van der Waals surface area (Å²) in [5, 5.41) is 5.46. The van der Waals surface area contributed by atoms with Gasteiger partial charge in [0.15, 0.2) is 0 Å². The average molecular weight is 266 g/mol. The Hall–Kier alpha value is -1.95. The standard InChI is InChI=1S/C9H4ClN5OS/c10-7-3-5(1-2-12-7)9-13-6(4-17-9)8(16)14-15-11/h1-4H. The van der Waals surface area contributed by atoms with Crippen molar-refractivity contribution in [3.8, 4) is 10.6 Å². The molecule has 84 valence electrons. The van der Waals surface area contributed by atoms with Gasteiger partial charge in [0.2, 0.25) is 0 Å². The molecule has 0 aromatic carbocycles. The van der Waals surface area contributed by atoms with E-state index >= 15 is 0 Å². The maximum atomic E-state index is 11.2. The lowest BCUT2D eigenvalue weighted by Gasteiger charge is -1.95. The largest absolute Gasteiger partial charge is 0.285 e. The number of carbonyl (C=O) groups excluding carboxylic acids is 1. The molecule has 0 atom stereocenters. The summed E-state index contributed by atoms with van der Waals surface area (Å²) < 4.78 is 0. The summed E-state index contributed by atoms with van der Waals surface area (Å²) in [7, 11) is 0. The Bertz CT molecular complexity index is 619. The van der Waals surface area contributed by atoms with E-state index in [0.717, 1.165) is 5.56 Å². The molecular formula is C9H4ClN5OS. The molecule has 17 heavy (non-hydrogen) atoms. The Morgan fingerprint density at radius 2 is 2.41 bits per heavy atom. The Morgan fingerprint density at radius 1 is 1.59 bits per heavy atom. The molecule has 0 aliphatic carbocycles. The van der Waals surface area contributed by atoms with Gasteiger partial charge >= 0.3 is 0 Å². The van der Waals surface area contributed by atoms with E-state index < -0.39 is 5.91 Å². The highest BCUT2D eigenvalue weighted by Gasteiger charge is 2.10. The maximum absolute atomic E-state index is 11.2. The van der Waals surface area contributed by atoms with Crippen LogP contribution in [0.4, 0.5) is 0 Å². The number of pyridine rings is 1. The minimum atomic E-state index is -0.699. The van der Waals surface area contributed by atoms with E-state index in [0.29, 0.717) is 10.2 Å². The number of halogens is 1. The fourth-order valence-corrected chi connectivity index (χ4v) is 2.10. The van der Waals surface area contributed by atoms with Gasteiger partial charge in [-0.05, 0) is 22.8 Å². The first-order valence-corrected chi connectivity index (χ1v) is 5.63. The smallest absolute Gasteiger partial charge is 0.268 e. The Labute approximate surface area is 105 Å². The lowest BCUT2D eigenvalue weighted by molar-refractivity contribution is 0.0996. The molecule has 8 heteroatoms. The SMILES string of the molecule is [N-]=[N+]=NC(=O)c1csc(-c2ccnc(Cl)c2)n1. The predicted molar refractivity (Wildman–Crippen MR) is 63.8 cm³/mol. The monoisotopic (exact) mass is 265 g/mol. The molecule has 2 heterocycles. The molecule has 0 fully saturated rings. The van der Waals surface area contributed by atoms with Crippen LogP contribution in [0, 0.1) is 0 Å². The molecular weight excluding hydrogens is 262 g/mol. The summed E-state index contributed by atoms with van der Waals surface area (Å²) in [6.45, 7) is 0. The molecule has 0 spiro atoms. The van der Waals surface area contributed by atoms with Crippen LogP contribution in [-0.2, 0) is 0 Å². The summed E-state index contributed by atoms with van der Waals surface area (Å²) in [6, 6.07) is 3.37. The number of azide groups is 1. The van der Waals surface area contributed by atoms with E-state index in [1.807, 2.05) is 0 Å². The van der Waals surface area contributed by atoms with Crippen molar-refractivity contribution in [3.63, 3.8) is 0 Å². The quantitative estimate of drug-likeness (QED) is 0.361. The predicted octanol–water partition coefficient (Wildman–Crippen LogP) is 3.31. The van der Waals surface area contributed by atoms with Gasteiger partial charge in [-0.25, -0.2) is 9.97 Å². The number of nitrogens with zero attached hydrogens (tertiary/aromatic N) is 5. The molecule has 0 bridgehead atoms. The lowest BCUT2D eigenvalue weighted by atomic mass is 10.3. The van der Waals surface area contributed by atoms with E-state index in [9.17, 15) is 4.79 Å². The normalized spacial score (nSPS) is 9.71. The van der Waals surface area contributed by atoms with Crippen LogP contribution in [-0.4, -0.2) is 15.9 Å². The van der Waals surface area contributed by atoms with Crippen molar-refractivity contribution < 1.29 is 4.79 Å². The lowest BCUT2D eigenvalue weighted by Crippen LogP contribution is -1.93. The first-order chi connectivity index (χ1) is 8.20. The summed E-state index contributed by atoms with van der Waals surface area (Å²) in [4.78, 5) is 21.6. The zero-order valence-electron chi connectivity index (χ0n) is 8.24. The van der Waals surface area contributed by atoms with Crippen molar-refractivity contribution in [2.75, 3.05) is 0 Å². The van der Waals surface area contributed by atoms with E-state index in [1.54, 1.807) is 18.3 Å². The molecule has 0 saturated heterocycles. The highest BCUT2D eigenvalue weighted by Crippen LogP contribution is 2.25. The first kappa shape index (κ1) is 11.5. The number of amides is 1. The van der Waals surface area contributed by atoms with E-state index in [-0.39, 0.29) is 5.69 Å². The van der Waals surface area contributed by atoms with Gasteiger partial charge in [-0.1, -0.05) is 11.6 Å². The molecule has 0 aliphatic rings. The zero-order chi connectivity index (χ0) is 12.3. The van der Waals surface area contributed by atoms with Crippen LogP contribution in [0.1, 0.15) is 10.5 Å². The first-order valence-electron chi connectivity index (χ1n) is 4.37. The van der Waals surface area contributed by atoms with Gasteiger partial charge in [-0.3, -0.25) is 4.79 Å². The second-order valence-corrected chi connectivity index (χ2v) is 4.15. The van der Waals surface area contributed by atoms with Crippen LogP contribution >= 0.6 is 22.9 Å². The summed E-state index contributed by atoms with van der Waals surface area (Å²) in [5.74, 6) is -0.699. The number of hydrogen-bond donors (Lipinski definition) is 0. The van der Waals surface area contributed by atoms with E-state index in [4.69, 9.17) is 17.1 Å². The topological polar surface area (TPSA) is 91.6 Å². The van der Waals surface area contributed by atoms with Crippen molar-refractivity contribution in [1.29, 1.82) is 0 Å². The van der Waals surface area contributed by atoms with Crippen LogP contribution in [0.5, 0.6) is 0 Å². The maximum Gasteiger partial charge on any atom is 0.268 e. The highest BCUT2D eigenvalue weighted by molar-refractivity contribution is 7.13. The van der Waals surface area contributed by atoms with E-state index in [2.05, 4.69) is 20.0 Å². The third-order valence-corrected chi connectivity index (χ3v) is 2.93. The number of thiazole rings is 1. The summed E-state index contributed by atoms with van der Waals surface area (Å²) in [5.41, 5.74) is 9.03. The van der Waals surface area contributed by atoms with Gasteiger partial charge in [0.1, 0.15) is 15.9 Å². The van der Waals surface area contributed by atoms with Crippen LogP contribution in [0.3, 0.4) is 0 Å². The van der Waals surface area contributed by atoms with Crippen molar-refractivity contribution in [2.45, 2.75) is 0 Å². The minimum absolute atomic E-state index is 0.121. The van der Waals surface area contributed by atoms with Gasteiger partial charge < -0.3 is 0 Å². The second kappa shape index (κ2) is 4.92. The highest BCUT2D eigenvalue weighted by atomic mass is 35.5. The molecule has 2 aromatic rings. The summed E-state index contributed by atoms with van der Waals surface area (Å²) >= 11 is 7.01. The van der Waals surface area contributed by atoms with Crippen LogP contribution < -0.4 is 0 Å². The molecule has 0 saturated carbocycles. The summed E-state index contributed by atoms with van der Waals surface area (Å²) in [6.07, 6.45) is 1.55. The average Bonchev–Trinajstić information content (AvgIpc) is 2.78. The van der Waals surface area contributed by atoms with Crippen molar-refractivity contribution >= 4 is 28.8 Å². The fraction of sp³-hybridized carbons (Fsp3) is 0. The molecule has 0 N–H and O–H groups in total. The van der Waals surface area contributed by atoms with E-state index in [1.165, 1.54) is 16.7 Å². The molecule has 0 aliphatic heterocycles. The molecule has 2 rings (SSSR count). The van der Waals surface area contributed by atoms with Crippen molar-refractivity contribution in [1.82, 2.24) is 9.97 Å². The van der Waals surface area contributed by atoms with Gasteiger partial charge in [-0.2, -0.15) is 0 Å². The van der Waals surface area contributed by atoms with Crippen molar-refractivity contribution in [3.05, 3.63) is 45.0 Å². The Morgan fingerprint density at radius 3 is 3.12 bits per heavy atom. The molecule has 0 radical (unpaired) electrons. The third-order valence-electron chi connectivity index (χ3n) is 1.83. The Balaban J connectivity index is 2.36. The molecule has 6 nitrogen and oxygen atoms in total. The van der Waals surface area contributed by atoms with Gasteiger partial charge in [-0.15, -0.1) is 11.3 Å². The zero-order valence-corrected chi connectivity index (χ0v) is 9.81. The molecule has 2 aromatic heterocycles. The number of rotatable bonds is 2. The van der Waals surface area contributed by atoms with Gasteiger partial charge in [0.05, 0.1) is 0 Å². The second-order valence-electron chi connectivity index (χ2n) is 2.90. The van der Waals surface area contributed by atoms with Crippen LogP contribution in [0.25, 0.3) is 21.0 Å². The number of carbonyl (C=O) groups is 1. The van der Waals surface area contributed by atoms with Crippen LogP contribution in [0.15, 0.2) is 28.8 Å². The van der Waals surface area contributed by atoms with Gasteiger partial charge in [0.25, 0.3) is 5.91 Å². The molecule has 1 amide bonds. The fourth-order valence-electron chi connectivity index (χ4n) is 1.13. The third kappa shape index (κ3) is 2.59.